The van der Waals surface area contributed by atoms with Gasteiger partial charge in [-0.15, -0.1) is 0 Å². The first-order chi connectivity index (χ1) is 7.29. The Hall–Kier alpha value is -1.38. The maximum Gasteiger partial charge on any atom is 0.254 e. The zero-order chi connectivity index (χ0) is 10.7. The molecular weight excluding hydrogens is 188 g/mol. The summed E-state index contributed by atoms with van der Waals surface area (Å²) >= 11 is 0. The summed E-state index contributed by atoms with van der Waals surface area (Å²) in [4.78, 5) is 18.1. The lowest BCUT2D eigenvalue weighted by atomic mass is 10.1. The van der Waals surface area contributed by atoms with E-state index in [1.807, 2.05) is 17.9 Å². The van der Waals surface area contributed by atoms with Gasteiger partial charge in [0.2, 0.25) is 0 Å². The van der Waals surface area contributed by atoms with Crippen molar-refractivity contribution in [3.8, 4) is 0 Å². The summed E-state index contributed by atoms with van der Waals surface area (Å²) in [5, 5.41) is 0. The Morgan fingerprint density at radius 1 is 1.33 bits per heavy atom. The first kappa shape index (κ1) is 10.1. The molecule has 2 heterocycles. The first-order valence-electron chi connectivity index (χ1n) is 5.49. The third kappa shape index (κ3) is 2.17. The van der Waals surface area contributed by atoms with Gasteiger partial charge in [-0.05, 0) is 37.8 Å². The van der Waals surface area contributed by atoms with Gasteiger partial charge in [0.25, 0.3) is 5.91 Å². The number of pyridine rings is 1. The van der Waals surface area contributed by atoms with Crippen LogP contribution in [-0.4, -0.2) is 28.9 Å². The topological polar surface area (TPSA) is 33.2 Å². The molecule has 0 bridgehead atoms. The zero-order valence-electron chi connectivity index (χ0n) is 9.07. The highest BCUT2D eigenvalue weighted by Gasteiger charge is 2.19. The number of carbonyl (C=O) groups excluding carboxylic acids is 1. The van der Waals surface area contributed by atoms with Crippen LogP contribution in [0.15, 0.2) is 18.5 Å². The van der Waals surface area contributed by atoms with Crippen LogP contribution in [0, 0.1) is 6.92 Å². The Morgan fingerprint density at radius 3 is 2.73 bits per heavy atom. The van der Waals surface area contributed by atoms with Crippen LogP contribution in [0.4, 0.5) is 0 Å². The van der Waals surface area contributed by atoms with Gasteiger partial charge in [-0.25, -0.2) is 0 Å². The van der Waals surface area contributed by atoms with Crippen molar-refractivity contribution in [2.45, 2.75) is 26.2 Å². The second-order valence-corrected chi connectivity index (χ2v) is 4.04. The number of amides is 1. The van der Waals surface area contributed by atoms with E-state index in [9.17, 15) is 4.79 Å². The lowest BCUT2D eigenvalue weighted by Crippen LogP contribution is -2.35. The van der Waals surface area contributed by atoms with Crippen LogP contribution in [0.2, 0.25) is 0 Å². The zero-order valence-corrected chi connectivity index (χ0v) is 9.07. The monoisotopic (exact) mass is 204 g/mol. The van der Waals surface area contributed by atoms with Gasteiger partial charge < -0.3 is 4.90 Å². The first-order valence-corrected chi connectivity index (χ1v) is 5.49. The van der Waals surface area contributed by atoms with E-state index >= 15 is 0 Å². The molecule has 0 aliphatic carbocycles. The van der Waals surface area contributed by atoms with Crippen molar-refractivity contribution in [2.24, 2.45) is 0 Å². The number of piperidine rings is 1. The molecule has 2 rings (SSSR count). The van der Waals surface area contributed by atoms with Gasteiger partial charge in [0.15, 0.2) is 0 Å². The summed E-state index contributed by atoms with van der Waals surface area (Å²) in [6, 6.07) is 1.81. The van der Waals surface area contributed by atoms with Crippen LogP contribution in [0.3, 0.4) is 0 Å². The van der Waals surface area contributed by atoms with E-state index in [0.29, 0.717) is 0 Å². The largest absolute Gasteiger partial charge is 0.339 e. The lowest BCUT2D eigenvalue weighted by Gasteiger charge is -2.27. The van der Waals surface area contributed by atoms with E-state index in [-0.39, 0.29) is 5.91 Å². The minimum atomic E-state index is 0.162. The van der Waals surface area contributed by atoms with Crippen molar-refractivity contribution >= 4 is 5.91 Å². The highest BCUT2D eigenvalue weighted by Crippen LogP contribution is 2.14. The van der Waals surface area contributed by atoms with Crippen LogP contribution in [0.25, 0.3) is 0 Å². The summed E-state index contributed by atoms with van der Waals surface area (Å²) in [6.45, 7) is 3.74. The Morgan fingerprint density at radius 2 is 2.07 bits per heavy atom. The molecule has 0 aromatic carbocycles. The maximum atomic E-state index is 12.1. The van der Waals surface area contributed by atoms with Crippen molar-refractivity contribution in [1.82, 2.24) is 9.88 Å². The second kappa shape index (κ2) is 4.43. The molecular formula is C12H16N2O. The average Bonchev–Trinajstić information content (AvgIpc) is 2.30. The SMILES string of the molecule is Cc1cnccc1C(=O)N1CCCCC1. The molecule has 0 unspecified atom stereocenters. The molecule has 0 atom stereocenters. The number of hydrogen-bond acceptors (Lipinski definition) is 2. The number of hydrogen-bond donors (Lipinski definition) is 0. The quantitative estimate of drug-likeness (QED) is 0.701. The minimum Gasteiger partial charge on any atom is -0.339 e. The number of rotatable bonds is 1. The average molecular weight is 204 g/mol. The standard InChI is InChI=1S/C12H16N2O/c1-10-9-13-6-5-11(10)12(15)14-7-3-2-4-8-14/h5-6,9H,2-4,7-8H2,1H3. The number of likely N-dealkylation sites (tertiary alicyclic amines) is 1. The third-order valence-corrected chi connectivity index (χ3v) is 2.89. The fraction of sp³-hybridized carbons (Fsp3) is 0.500. The molecule has 1 fully saturated rings. The summed E-state index contributed by atoms with van der Waals surface area (Å²) in [5.74, 6) is 0.162. The summed E-state index contributed by atoms with van der Waals surface area (Å²) < 4.78 is 0. The summed E-state index contributed by atoms with van der Waals surface area (Å²) in [6.07, 6.45) is 6.95. The van der Waals surface area contributed by atoms with Gasteiger partial charge in [0.05, 0.1) is 0 Å². The normalized spacial score (nSPS) is 16.5. The summed E-state index contributed by atoms with van der Waals surface area (Å²) in [7, 11) is 0. The maximum absolute atomic E-state index is 12.1. The molecule has 1 aromatic heterocycles. The molecule has 1 amide bonds. The molecule has 3 nitrogen and oxygen atoms in total. The van der Waals surface area contributed by atoms with Crippen molar-refractivity contribution in [1.29, 1.82) is 0 Å². The van der Waals surface area contributed by atoms with E-state index in [2.05, 4.69) is 4.98 Å². The Bertz CT molecular complexity index is 356. The predicted molar refractivity (Wildman–Crippen MR) is 58.7 cm³/mol. The van der Waals surface area contributed by atoms with Crippen molar-refractivity contribution < 1.29 is 4.79 Å². The fourth-order valence-electron chi connectivity index (χ4n) is 1.98. The van der Waals surface area contributed by atoms with Gasteiger partial charge in [-0.3, -0.25) is 9.78 Å². The van der Waals surface area contributed by atoms with E-state index < -0.39 is 0 Å². The van der Waals surface area contributed by atoms with Crippen LogP contribution in [0.5, 0.6) is 0 Å². The Kier molecular flexibility index (Phi) is 2.99. The molecule has 80 valence electrons. The third-order valence-electron chi connectivity index (χ3n) is 2.89. The lowest BCUT2D eigenvalue weighted by molar-refractivity contribution is 0.0723. The molecule has 1 saturated heterocycles. The molecule has 1 aliphatic heterocycles. The van der Waals surface area contributed by atoms with Gasteiger partial charge in [-0.2, -0.15) is 0 Å². The molecule has 0 N–H and O–H groups in total. The van der Waals surface area contributed by atoms with Gasteiger partial charge in [0, 0.05) is 31.0 Å². The van der Waals surface area contributed by atoms with E-state index in [4.69, 9.17) is 0 Å². The second-order valence-electron chi connectivity index (χ2n) is 4.04. The summed E-state index contributed by atoms with van der Waals surface area (Å²) in [5.41, 5.74) is 1.76. The molecule has 0 saturated carbocycles. The van der Waals surface area contributed by atoms with Gasteiger partial charge >= 0.3 is 0 Å². The molecule has 0 spiro atoms. The highest BCUT2D eigenvalue weighted by molar-refractivity contribution is 5.95. The number of nitrogens with zero attached hydrogens (tertiary/aromatic N) is 2. The molecule has 15 heavy (non-hydrogen) atoms. The molecule has 0 radical (unpaired) electrons. The highest BCUT2D eigenvalue weighted by atomic mass is 16.2. The minimum absolute atomic E-state index is 0.162. The molecule has 1 aliphatic rings. The van der Waals surface area contributed by atoms with Crippen molar-refractivity contribution in [3.05, 3.63) is 29.6 Å². The molecule has 3 heteroatoms. The Labute approximate surface area is 90.1 Å². The Balaban J connectivity index is 2.16. The van der Waals surface area contributed by atoms with Crippen molar-refractivity contribution in [2.75, 3.05) is 13.1 Å². The van der Waals surface area contributed by atoms with E-state index in [1.165, 1.54) is 6.42 Å². The van der Waals surface area contributed by atoms with Gasteiger partial charge in [0.1, 0.15) is 0 Å². The number of carbonyl (C=O) groups is 1. The smallest absolute Gasteiger partial charge is 0.254 e. The van der Waals surface area contributed by atoms with Crippen LogP contribution >= 0.6 is 0 Å². The number of aryl methyl sites for hydroxylation is 1. The van der Waals surface area contributed by atoms with Crippen LogP contribution in [0.1, 0.15) is 35.2 Å². The van der Waals surface area contributed by atoms with E-state index in [0.717, 1.165) is 37.1 Å². The number of aromatic nitrogens is 1. The van der Waals surface area contributed by atoms with Crippen LogP contribution in [-0.2, 0) is 0 Å². The fourth-order valence-corrected chi connectivity index (χ4v) is 1.98. The van der Waals surface area contributed by atoms with Gasteiger partial charge in [-0.1, -0.05) is 0 Å². The van der Waals surface area contributed by atoms with E-state index in [1.54, 1.807) is 12.4 Å². The van der Waals surface area contributed by atoms with Crippen molar-refractivity contribution in [3.63, 3.8) is 0 Å². The van der Waals surface area contributed by atoms with Crippen LogP contribution < -0.4 is 0 Å². The molecule has 1 aromatic rings. The predicted octanol–water partition coefficient (Wildman–Crippen LogP) is 2.02.